The third kappa shape index (κ3) is 2.82. The summed E-state index contributed by atoms with van der Waals surface area (Å²) in [5.41, 5.74) is 0.0300. The highest BCUT2D eigenvalue weighted by atomic mass is 19.1. The van der Waals surface area contributed by atoms with E-state index in [0.717, 1.165) is 24.0 Å². The second-order valence-electron chi connectivity index (χ2n) is 3.63. The number of H-pyrrole nitrogens is 1. The van der Waals surface area contributed by atoms with Crippen molar-refractivity contribution in [3.8, 4) is 0 Å². The minimum absolute atomic E-state index is 0.143. The van der Waals surface area contributed by atoms with Gasteiger partial charge in [-0.05, 0) is 6.07 Å². The van der Waals surface area contributed by atoms with Crippen molar-refractivity contribution >= 4 is 11.4 Å². The first-order chi connectivity index (χ1) is 8.66. The zero-order valence-electron chi connectivity index (χ0n) is 9.39. The van der Waals surface area contributed by atoms with Crippen LogP contribution >= 0.6 is 0 Å². The van der Waals surface area contributed by atoms with Gasteiger partial charge in [0.2, 0.25) is 0 Å². The largest absolute Gasteiger partial charge is 0.379 e. The summed E-state index contributed by atoms with van der Waals surface area (Å²) in [7, 11) is 0. The highest BCUT2D eigenvalue weighted by molar-refractivity contribution is 5.61. The van der Waals surface area contributed by atoms with Gasteiger partial charge in [-0.15, -0.1) is 0 Å². The minimum Gasteiger partial charge on any atom is -0.379 e. The van der Waals surface area contributed by atoms with E-state index in [-0.39, 0.29) is 11.4 Å². The predicted octanol–water partition coefficient (Wildman–Crippen LogP) is 2.11. The van der Waals surface area contributed by atoms with E-state index in [1.807, 2.05) is 0 Å². The number of nitrogens with one attached hydrogen (secondary N) is 2. The summed E-state index contributed by atoms with van der Waals surface area (Å²) in [5.74, 6) is 0.252. The average molecular weight is 250 g/mol. The van der Waals surface area contributed by atoms with Crippen molar-refractivity contribution in [2.45, 2.75) is 6.42 Å². The van der Waals surface area contributed by atoms with Crippen LogP contribution in [-0.2, 0) is 6.42 Å². The molecule has 1 aromatic heterocycles. The Morgan fingerprint density at radius 1 is 1.50 bits per heavy atom. The molecule has 0 aliphatic rings. The summed E-state index contributed by atoms with van der Waals surface area (Å²) in [6, 6.07) is 3.32. The molecular weight excluding hydrogens is 239 g/mol. The maximum Gasteiger partial charge on any atom is 0.292 e. The number of hydrogen-bond donors (Lipinski definition) is 2. The standard InChI is InChI=1S/C11H11FN4O2/c12-8-1-2-10(16(17)18)9(7-8)13-4-3-11-14-5-6-15-11/h1-2,5-7,13H,3-4H2,(H,14,15). The summed E-state index contributed by atoms with van der Waals surface area (Å²) in [6.07, 6.45) is 3.89. The molecule has 7 heteroatoms. The van der Waals surface area contributed by atoms with Crippen LogP contribution in [0.15, 0.2) is 30.6 Å². The molecule has 0 amide bonds. The van der Waals surface area contributed by atoms with Crippen molar-refractivity contribution in [2.75, 3.05) is 11.9 Å². The van der Waals surface area contributed by atoms with Gasteiger partial charge in [-0.25, -0.2) is 9.37 Å². The Morgan fingerprint density at radius 3 is 3.00 bits per heavy atom. The number of benzene rings is 1. The minimum atomic E-state index is -0.547. The van der Waals surface area contributed by atoms with Crippen LogP contribution in [0, 0.1) is 15.9 Å². The Labute approximate surface area is 102 Å². The number of imidazole rings is 1. The molecule has 1 heterocycles. The topological polar surface area (TPSA) is 83.8 Å². The van der Waals surface area contributed by atoms with Crippen molar-refractivity contribution in [1.29, 1.82) is 0 Å². The molecule has 0 bridgehead atoms. The third-order valence-corrected chi connectivity index (χ3v) is 2.39. The number of nitro groups is 1. The fraction of sp³-hybridized carbons (Fsp3) is 0.182. The third-order valence-electron chi connectivity index (χ3n) is 2.39. The van der Waals surface area contributed by atoms with Gasteiger partial charge >= 0.3 is 0 Å². The average Bonchev–Trinajstić information content (AvgIpc) is 2.82. The maximum absolute atomic E-state index is 13.0. The van der Waals surface area contributed by atoms with Crippen molar-refractivity contribution < 1.29 is 9.31 Å². The first kappa shape index (κ1) is 12.0. The van der Waals surface area contributed by atoms with Crippen LogP contribution in [0.25, 0.3) is 0 Å². The van der Waals surface area contributed by atoms with E-state index in [1.54, 1.807) is 12.4 Å². The molecule has 0 unspecified atom stereocenters. The zero-order valence-corrected chi connectivity index (χ0v) is 9.39. The number of anilines is 1. The number of halogens is 1. The van der Waals surface area contributed by atoms with Crippen molar-refractivity contribution in [3.63, 3.8) is 0 Å². The molecule has 2 N–H and O–H groups in total. The molecule has 0 aliphatic heterocycles. The van der Waals surface area contributed by atoms with Gasteiger partial charge in [0.05, 0.1) is 4.92 Å². The van der Waals surface area contributed by atoms with Gasteiger partial charge in [0, 0.05) is 37.5 Å². The van der Waals surface area contributed by atoms with Crippen LogP contribution in [0.1, 0.15) is 5.82 Å². The SMILES string of the molecule is O=[N+]([O-])c1ccc(F)cc1NCCc1ncc[nH]1. The Bertz CT molecular complexity index is 542. The number of hydrogen-bond acceptors (Lipinski definition) is 4. The van der Waals surface area contributed by atoms with Crippen molar-refractivity contribution in [1.82, 2.24) is 9.97 Å². The van der Waals surface area contributed by atoms with Gasteiger partial charge in [-0.3, -0.25) is 10.1 Å². The van der Waals surface area contributed by atoms with Crippen LogP contribution in [0.3, 0.4) is 0 Å². The van der Waals surface area contributed by atoms with Crippen LogP contribution in [0.2, 0.25) is 0 Å². The lowest BCUT2D eigenvalue weighted by atomic mass is 10.2. The van der Waals surface area contributed by atoms with Gasteiger partial charge in [0.25, 0.3) is 5.69 Å². The molecule has 94 valence electrons. The number of aromatic amines is 1. The van der Waals surface area contributed by atoms with Crippen molar-refractivity contribution in [2.24, 2.45) is 0 Å². The van der Waals surface area contributed by atoms with Gasteiger partial charge in [0.1, 0.15) is 17.3 Å². The number of rotatable bonds is 5. The summed E-state index contributed by atoms with van der Waals surface area (Å²) in [5, 5.41) is 13.6. The highest BCUT2D eigenvalue weighted by Gasteiger charge is 2.13. The lowest BCUT2D eigenvalue weighted by molar-refractivity contribution is -0.384. The summed E-state index contributed by atoms with van der Waals surface area (Å²) in [6.45, 7) is 0.428. The van der Waals surface area contributed by atoms with Gasteiger partial charge < -0.3 is 10.3 Å². The second-order valence-corrected chi connectivity index (χ2v) is 3.63. The molecule has 0 saturated heterocycles. The summed E-state index contributed by atoms with van der Waals surface area (Å²) < 4.78 is 13.0. The fourth-order valence-corrected chi connectivity index (χ4v) is 1.56. The Morgan fingerprint density at radius 2 is 2.33 bits per heavy atom. The molecular formula is C11H11FN4O2. The van der Waals surface area contributed by atoms with Crippen molar-refractivity contribution in [3.05, 3.63) is 52.3 Å². The van der Waals surface area contributed by atoms with E-state index in [4.69, 9.17) is 0 Å². The summed E-state index contributed by atoms with van der Waals surface area (Å²) >= 11 is 0. The van der Waals surface area contributed by atoms with E-state index in [1.165, 1.54) is 0 Å². The monoisotopic (exact) mass is 250 g/mol. The van der Waals surface area contributed by atoms with E-state index >= 15 is 0 Å². The molecule has 0 atom stereocenters. The van der Waals surface area contributed by atoms with E-state index < -0.39 is 10.7 Å². The molecule has 2 aromatic rings. The Kier molecular flexibility index (Phi) is 3.52. The Balaban J connectivity index is 2.03. The molecule has 0 spiro atoms. The first-order valence-electron chi connectivity index (χ1n) is 5.33. The maximum atomic E-state index is 13.0. The van der Waals surface area contributed by atoms with Crippen LogP contribution in [-0.4, -0.2) is 21.4 Å². The number of nitrogens with zero attached hydrogens (tertiary/aromatic N) is 2. The Hall–Kier alpha value is -2.44. The molecule has 0 fully saturated rings. The first-order valence-corrected chi connectivity index (χ1v) is 5.33. The van der Waals surface area contributed by atoms with E-state index in [9.17, 15) is 14.5 Å². The summed E-state index contributed by atoms with van der Waals surface area (Å²) in [4.78, 5) is 17.1. The van der Waals surface area contributed by atoms with E-state index in [2.05, 4.69) is 15.3 Å². The normalized spacial score (nSPS) is 10.3. The molecule has 2 rings (SSSR count). The molecule has 18 heavy (non-hydrogen) atoms. The lowest BCUT2D eigenvalue weighted by Gasteiger charge is -2.06. The van der Waals surface area contributed by atoms with Crippen LogP contribution in [0.4, 0.5) is 15.8 Å². The van der Waals surface area contributed by atoms with Gasteiger partial charge in [-0.2, -0.15) is 0 Å². The second kappa shape index (κ2) is 5.26. The highest BCUT2D eigenvalue weighted by Crippen LogP contribution is 2.24. The number of aromatic nitrogens is 2. The fourth-order valence-electron chi connectivity index (χ4n) is 1.56. The molecule has 6 nitrogen and oxygen atoms in total. The molecule has 0 aliphatic carbocycles. The quantitative estimate of drug-likeness (QED) is 0.628. The molecule has 1 aromatic carbocycles. The van der Waals surface area contributed by atoms with Gasteiger partial charge in [0.15, 0.2) is 0 Å². The van der Waals surface area contributed by atoms with E-state index in [0.29, 0.717) is 13.0 Å². The smallest absolute Gasteiger partial charge is 0.292 e. The molecule has 0 saturated carbocycles. The lowest BCUT2D eigenvalue weighted by Crippen LogP contribution is -2.08. The van der Waals surface area contributed by atoms with Crippen LogP contribution in [0.5, 0.6) is 0 Å². The number of nitro benzene ring substituents is 1. The van der Waals surface area contributed by atoms with Gasteiger partial charge in [-0.1, -0.05) is 0 Å². The zero-order chi connectivity index (χ0) is 13.0. The molecule has 0 radical (unpaired) electrons. The predicted molar refractivity (Wildman–Crippen MR) is 63.8 cm³/mol. The van der Waals surface area contributed by atoms with Crippen LogP contribution < -0.4 is 5.32 Å².